The van der Waals surface area contributed by atoms with Gasteiger partial charge in [-0.3, -0.25) is 4.79 Å². The Labute approximate surface area is 221 Å². The van der Waals surface area contributed by atoms with Gasteiger partial charge in [-0.05, 0) is 75.3 Å². The van der Waals surface area contributed by atoms with Crippen LogP contribution in [0.1, 0.15) is 54.4 Å². The molecule has 0 aliphatic carbocycles. The van der Waals surface area contributed by atoms with Gasteiger partial charge < -0.3 is 5.32 Å². The first-order valence-corrected chi connectivity index (χ1v) is 15.8. The lowest BCUT2D eigenvalue weighted by molar-refractivity contribution is -0.126. The molecule has 37 heavy (non-hydrogen) atoms. The van der Waals surface area contributed by atoms with Crippen LogP contribution >= 0.6 is 0 Å². The third-order valence-corrected chi connectivity index (χ3v) is 11.4. The Morgan fingerprint density at radius 3 is 2.05 bits per heavy atom. The van der Waals surface area contributed by atoms with Crippen molar-refractivity contribution in [3.8, 4) is 0 Å². The molecule has 0 radical (unpaired) electrons. The normalized spacial score (nSPS) is 20.0. The molecule has 2 fully saturated rings. The summed E-state index contributed by atoms with van der Waals surface area (Å²) in [7, 11) is -7.20. The molecule has 2 aliphatic rings. The number of amides is 1. The van der Waals surface area contributed by atoms with Crippen molar-refractivity contribution >= 4 is 26.0 Å². The molecule has 1 N–H and O–H groups in total. The molecule has 0 bridgehead atoms. The second kappa shape index (κ2) is 11.2. The number of hydrogen-bond donors (Lipinski definition) is 1. The molecule has 2 aromatic rings. The van der Waals surface area contributed by atoms with Gasteiger partial charge in [0.05, 0.1) is 15.7 Å². The fourth-order valence-corrected chi connectivity index (χ4v) is 8.90. The number of carbonyl (C=O) groups excluding carboxylic acids is 1. The fraction of sp³-hybridized carbons (Fsp3) is 0.519. The molecular weight excluding hydrogens is 510 g/mol. The summed E-state index contributed by atoms with van der Waals surface area (Å²) in [6.07, 6.45) is 4.06. The number of carbonyl (C=O) groups is 1. The van der Waals surface area contributed by atoms with E-state index in [0.717, 1.165) is 41.5 Å². The van der Waals surface area contributed by atoms with Crippen LogP contribution in [-0.2, 0) is 31.4 Å². The summed E-state index contributed by atoms with van der Waals surface area (Å²) in [5.74, 6) is -0.629. The highest BCUT2D eigenvalue weighted by atomic mass is 32.2. The number of sulfonamides is 2. The van der Waals surface area contributed by atoms with E-state index in [1.165, 1.54) is 8.61 Å². The zero-order chi connectivity index (χ0) is 26.8. The van der Waals surface area contributed by atoms with E-state index < -0.39 is 26.0 Å². The Morgan fingerprint density at radius 2 is 1.43 bits per heavy atom. The molecule has 202 valence electrons. The number of aryl methyl sites for hydroxylation is 3. The maximum atomic E-state index is 13.5. The summed E-state index contributed by atoms with van der Waals surface area (Å²) < 4.78 is 55.6. The summed E-state index contributed by atoms with van der Waals surface area (Å²) in [6, 6.07) is 10.4. The number of hydrogen-bond acceptors (Lipinski definition) is 5. The van der Waals surface area contributed by atoms with Gasteiger partial charge in [0.15, 0.2) is 0 Å². The minimum absolute atomic E-state index is 0.147. The predicted octanol–water partition coefficient (Wildman–Crippen LogP) is 3.50. The lowest BCUT2D eigenvalue weighted by Gasteiger charge is -2.32. The number of rotatable bonds is 7. The van der Waals surface area contributed by atoms with Crippen molar-refractivity contribution in [1.29, 1.82) is 0 Å². The minimum atomic E-state index is -3.71. The van der Waals surface area contributed by atoms with Crippen molar-refractivity contribution in [3.05, 3.63) is 58.7 Å². The van der Waals surface area contributed by atoms with Gasteiger partial charge in [-0.15, -0.1) is 0 Å². The average molecular weight is 548 g/mol. The van der Waals surface area contributed by atoms with Crippen molar-refractivity contribution in [3.63, 3.8) is 0 Å². The lowest BCUT2D eigenvalue weighted by atomic mass is 9.99. The molecule has 2 saturated heterocycles. The van der Waals surface area contributed by atoms with E-state index in [9.17, 15) is 21.6 Å². The van der Waals surface area contributed by atoms with Crippen molar-refractivity contribution in [2.75, 3.05) is 26.2 Å². The van der Waals surface area contributed by atoms with Gasteiger partial charge in [0.25, 0.3) is 0 Å². The second-order valence-corrected chi connectivity index (χ2v) is 14.1. The summed E-state index contributed by atoms with van der Waals surface area (Å²) in [6.45, 7) is 7.46. The molecule has 0 saturated carbocycles. The van der Waals surface area contributed by atoms with E-state index in [1.807, 2.05) is 32.9 Å². The van der Waals surface area contributed by atoms with Crippen LogP contribution in [0.4, 0.5) is 0 Å². The summed E-state index contributed by atoms with van der Waals surface area (Å²) in [4.78, 5) is 13.6. The van der Waals surface area contributed by atoms with E-state index in [2.05, 4.69) is 5.32 Å². The summed E-state index contributed by atoms with van der Waals surface area (Å²) in [5.41, 5.74) is 3.24. The first-order valence-electron chi connectivity index (χ1n) is 12.9. The molecule has 2 heterocycles. The highest BCUT2D eigenvalue weighted by molar-refractivity contribution is 7.89. The van der Waals surface area contributed by atoms with Gasteiger partial charge in [-0.25, -0.2) is 16.8 Å². The van der Waals surface area contributed by atoms with Gasteiger partial charge in [0.1, 0.15) is 0 Å². The molecule has 0 aromatic heterocycles. The Bertz CT molecular complexity index is 1330. The Balaban J connectivity index is 1.38. The Hall–Kier alpha value is -2.27. The standard InChI is InChI=1S/C27H37N3O5S2/c1-20-16-21(2)26(22(3)17-20)37(34,35)30-15-7-8-24(19-30)27(31)28-18-23-9-11-25(12-10-23)36(32,33)29-13-5-4-6-14-29/h9-12,16-17,24H,4-8,13-15,18-19H2,1-3H3,(H,28,31)/t24-/m1/s1. The number of benzene rings is 2. The van der Waals surface area contributed by atoms with Crippen LogP contribution in [0.25, 0.3) is 0 Å². The molecule has 1 amide bonds. The van der Waals surface area contributed by atoms with Crippen LogP contribution in [0.3, 0.4) is 0 Å². The van der Waals surface area contributed by atoms with Crippen LogP contribution in [-0.4, -0.2) is 57.5 Å². The molecule has 4 rings (SSSR count). The van der Waals surface area contributed by atoms with E-state index in [1.54, 1.807) is 24.3 Å². The number of nitrogens with one attached hydrogen (secondary N) is 1. The first-order chi connectivity index (χ1) is 17.5. The van der Waals surface area contributed by atoms with E-state index in [4.69, 9.17) is 0 Å². The fourth-order valence-electron chi connectivity index (χ4n) is 5.44. The van der Waals surface area contributed by atoms with Crippen molar-refractivity contribution in [2.24, 2.45) is 5.92 Å². The molecule has 1 atom stereocenters. The molecular formula is C27H37N3O5S2. The highest BCUT2D eigenvalue weighted by Crippen LogP contribution is 2.29. The topological polar surface area (TPSA) is 104 Å². The minimum Gasteiger partial charge on any atom is -0.352 e. The quantitative estimate of drug-likeness (QED) is 0.571. The molecule has 0 unspecified atom stereocenters. The Kier molecular flexibility index (Phi) is 8.42. The molecule has 8 nitrogen and oxygen atoms in total. The predicted molar refractivity (Wildman–Crippen MR) is 143 cm³/mol. The van der Waals surface area contributed by atoms with E-state index >= 15 is 0 Å². The van der Waals surface area contributed by atoms with Crippen LogP contribution in [0.2, 0.25) is 0 Å². The van der Waals surface area contributed by atoms with Crippen LogP contribution < -0.4 is 5.32 Å². The van der Waals surface area contributed by atoms with Gasteiger partial charge >= 0.3 is 0 Å². The van der Waals surface area contributed by atoms with Crippen LogP contribution in [0, 0.1) is 26.7 Å². The summed E-state index contributed by atoms with van der Waals surface area (Å²) in [5, 5.41) is 2.91. The highest BCUT2D eigenvalue weighted by Gasteiger charge is 2.35. The van der Waals surface area contributed by atoms with E-state index in [-0.39, 0.29) is 23.9 Å². The van der Waals surface area contributed by atoms with Crippen molar-refractivity contribution < 1.29 is 21.6 Å². The number of piperidine rings is 2. The molecule has 0 spiro atoms. The third-order valence-electron chi connectivity index (χ3n) is 7.30. The van der Waals surface area contributed by atoms with Crippen molar-refractivity contribution in [2.45, 2.75) is 69.2 Å². The maximum absolute atomic E-state index is 13.5. The second-order valence-electron chi connectivity index (χ2n) is 10.3. The monoisotopic (exact) mass is 547 g/mol. The van der Waals surface area contributed by atoms with E-state index in [0.29, 0.717) is 37.4 Å². The van der Waals surface area contributed by atoms with Gasteiger partial charge in [0.2, 0.25) is 26.0 Å². The van der Waals surface area contributed by atoms with Crippen LogP contribution in [0.5, 0.6) is 0 Å². The van der Waals surface area contributed by atoms with Crippen LogP contribution in [0.15, 0.2) is 46.2 Å². The van der Waals surface area contributed by atoms with Gasteiger partial charge in [0, 0.05) is 32.7 Å². The molecule has 2 aliphatic heterocycles. The van der Waals surface area contributed by atoms with Gasteiger partial charge in [-0.2, -0.15) is 8.61 Å². The first kappa shape index (κ1) is 27.8. The van der Waals surface area contributed by atoms with Gasteiger partial charge in [-0.1, -0.05) is 36.2 Å². The molecule has 2 aromatic carbocycles. The third kappa shape index (κ3) is 6.08. The average Bonchev–Trinajstić information content (AvgIpc) is 2.87. The zero-order valence-electron chi connectivity index (χ0n) is 21.9. The Morgan fingerprint density at radius 1 is 0.838 bits per heavy atom. The SMILES string of the molecule is Cc1cc(C)c(S(=O)(=O)N2CCC[C@@H](C(=O)NCc3ccc(S(=O)(=O)N4CCCCC4)cc3)C2)c(C)c1. The van der Waals surface area contributed by atoms with Crippen molar-refractivity contribution in [1.82, 2.24) is 13.9 Å². The zero-order valence-corrected chi connectivity index (χ0v) is 23.5. The summed E-state index contributed by atoms with van der Waals surface area (Å²) >= 11 is 0. The lowest BCUT2D eigenvalue weighted by Crippen LogP contribution is -2.45. The molecule has 10 heteroatoms. The smallest absolute Gasteiger partial charge is 0.243 e. The number of nitrogens with zero attached hydrogens (tertiary/aromatic N) is 2. The maximum Gasteiger partial charge on any atom is 0.243 e. The largest absolute Gasteiger partial charge is 0.352 e.